The van der Waals surface area contributed by atoms with Crippen LogP contribution in [0.25, 0.3) is 0 Å². The maximum Gasteiger partial charge on any atom is 0.138 e. The summed E-state index contributed by atoms with van der Waals surface area (Å²) in [4.78, 5) is 5.44. The van der Waals surface area contributed by atoms with Gasteiger partial charge in [-0.1, -0.05) is 6.07 Å². The monoisotopic (exact) mass is 234 g/mol. The molecule has 4 heteroatoms. The van der Waals surface area contributed by atoms with Gasteiger partial charge in [0.15, 0.2) is 0 Å². The van der Waals surface area contributed by atoms with Gasteiger partial charge in [-0.05, 0) is 30.5 Å². The molecule has 0 spiro atoms. The Hall–Kier alpha value is -1.39. The Morgan fingerprint density at radius 2 is 2.31 bits per heavy atom. The van der Waals surface area contributed by atoms with Gasteiger partial charge < -0.3 is 10.5 Å². The van der Waals surface area contributed by atoms with Crippen molar-refractivity contribution < 1.29 is 4.74 Å². The fraction of sp³-hybridized carbons (Fsp3) is 0.250. The van der Waals surface area contributed by atoms with Gasteiger partial charge in [-0.3, -0.25) is 4.98 Å². The largest absolute Gasteiger partial charge is 0.486 e. The predicted molar refractivity (Wildman–Crippen MR) is 65.5 cm³/mol. The van der Waals surface area contributed by atoms with Gasteiger partial charge in [0.05, 0.1) is 11.9 Å². The Bertz CT molecular complexity index is 423. The number of rotatable bonds is 4. The van der Waals surface area contributed by atoms with Gasteiger partial charge in [0.25, 0.3) is 0 Å². The third-order valence-corrected chi connectivity index (χ3v) is 3.04. The highest BCUT2D eigenvalue weighted by Crippen LogP contribution is 2.16. The molecule has 0 aromatic carbocycles. The van der Waals surface area contributed by atoms with Crippen LogP contribution in [0.15, 0.2) is 35.8 Å². The molecule has 2 aromatic rings. The number of hydrogen-bond acceptors (Lipinski definition) is 4. The van der Waals surface area contributed by atoms with Crippen LogP contribution in [0.3, 0.4) is 0 Å². The van der Waals surface area contributed by atoms with Crippen LogP contribution in [0.5, 0.6) is 5.75 Å². The van der Waals surface area contributed by atoms with E-state index in [4.69, 9.17) is 10.5 Å². The number of ether oxygens (including phenoxy) is 1. The average molecular weight is 234 g/mol. The van der Waals surface area contributed by atoms with Gasteiger partial charge in [-0.2, -0.15) is 0 Å². The Morgan fingerprint density at radius 1 is 1.44 bits per heavy atom. The van der Waals surface area contributed by atoms with E-state index in [1.807, 2.05) is 30.5 Å². The summed E-state index contributed by atoms with van der Waals surface area (Å²) in [5, 5.41) is 2.04. The topological polar surface area (TPSA) is 48.1 Å². The van der Waals surface area contributed by atoms with Crippen LogP contribution in [0, 0.1) is 0 Å². The molecule has 0 bridgehead atoms. The second-order valence-corrected chi connectivity index (χ2v) is 4.61. The SMILES string of the molecule is C[C@@H](N)c1ccc(OCc2cccs2)cn1. The molecule has 2 N–H and O–H groups in total. The van der Waals surface area contributed by atoms with Crippen LogP contribution < -0.4 is 10.5 Å². The van der Waals surface area contributed by atoms with Crippen molar-refractivity contribution in [2.45, 2.75) is 19.6 Å². The molecule has 0 fully saturated rings. The van der Waals surface area contributed by atoms with Gasteiger partial charge in [-0.15, -0.1) is 11.3 Å². The van der Waals surface area contributed by atoms with Gasteiger partial charge in [0.1, 0.15) is 12.4 Å². The summed E-state index contributed by atoms with van der Waals surface area (Å²) in [5.74, 6) is 0.776. The maximum absolute atomic E-state index is 5.71. The second kappa shape index (κ2) is 5.09. The molecule has 2 rings (SSSR count). The molecular formula is C12H14N2OS. The third kappa shape index (κ3) is 2.81. The van der Waals surface area contributed by atoms with Crippen molar-refractivity contribution in [1.82, 2.24) is 4.98 Å². The number of pyridine rings is 1. The molecule has 84 valence electrons. The first-order chi connectivity index (χ1) is 7.75. The minimum atomic E-state index is -0.0358. The molecule has 16 heavy (non-hydrogen) atoms. The van der Waals surface area contributed by atoms with E-state index in [-0.39, 0.29) is 6.04 Å². The van der Waals surface area contributed by atoms with Gasteiger partial charge in [0.2, 0.25) is 0 Å². The molecule has 0 aliphatic rings. The quantitative estimate of drug-likeness (QED) is 0.884. The number of hydrogen-bond donors (Lipinski definition) is 1. The van der Waals surface area contributed by atoms with Crippen LogP contribution in [0.2, 0.25) is 0 Å². The molecule has 0 aliphatic carbocycles. The van der Waals surface area contributed by atoms with E-state index in [0.717, 1.165) is 11.4 Å². The Kier molecular flexibility index (Phi) is 3.54. The average Bonchev–Trinajstić information content (AvgIpc) is 2.80. The van der Waals surface area contributed by atoms with E-state index in [1.54, 1.807) is 17.5 Å². The van der Waals surface area contributed by atoms with E-state index < -0.39 is 0 Å². The Balaban J connectivity index is 1.95. The van der Waals surface area contributed by atoms with Crippen LogP contribution in [0.4, 0.5) is 0 Å². The molecule has 3 nitrogen and oxygen atoms in total. The fourth-order valence-electron chi connectivity index (χ4n) is 1.30. The summed E-state index contributed by atoms with van der Waals surface area (Å²) in [6.45, 7) is 2.51. The van der Waals surface area contributed by atoms with Crippen LogP contribution in [-0.2, 0) is 6.61 Å². The van der Waals surface area contributed by atoms with E-state index in [1.165, 1.54) is 4.88 Å². The lowest BCUT2D eigenvalue weighted by Gasteiger charge is -2.07. The van der Waals surface area contributed by atoms with Crippen molar-refractivity contribution >= 4 is 11.3 Å². The number of nitrogens with zero attached hydrogens (tertiary/aromatic N) is 1. The first kappa shape index (κ1) is 11.1. The summed E-state index contributed by atoms with van der Waals surface area (Å²) in [6, 6.07) is 7.83. The molecule has 0 saturated heterocycles. The minimum Gasteiger partial charge on any atom is -0.486 e. The van der Waals surface area contributed by atoms with Crippen LogP contribution in [0.1, 0.15) is 23.5 Å². The summed E-state index contributed by atoms with van der Waals surface area (Å²) in [5.41, 5.74) is 6.59. The molecule has 0 saturated carbocycles. The molecule has 0 amide bonds. The van der Waals surface area contributed by atoms with Crippen molar-refractivity contribution in [3.63, 3.8) is 0 Å². The molecular weight excluding hydrogens is 220 g/mol. The lowest BCUT2D eigenvalue weighted by atomic mass is 10.2. The third-order valence-electron chi connectivity index (χ3n) is 2.19. The van der Waals surface area contributed by atoms with Crippen LogP contribution >= 0.6 is 11.3 Å². The van der Waals surface area contributed by atoms with Gasteiger partial charge in [-0.25, -0.2) is 0 Å². The second-order valence-electron chi connectivity index (χ2n) is 3.58. The first-order valence-corrected chi connectivity index (χ1v) is 6.00. The normalized spacial score (nSPS) is 12.4. The van der Waals surface area contributed by atoms with Crippen LogP contribution in [-0.4, -0.2) is 4.98 Å². The molecule has 0 unspecified atom stereocenters. The molecule has 0 aliphatic heterocycles. The summed E-state index contributed by atoms with van der Waals surface area (Å²) < 4.78 is 5.59. The number of nitrogens with two attached hydrogens (primary N) is 1. The first-order valence-electron chi connectivity index (χ1n) is 5.12. The maximum atomic E-state index is 5.71. The van der Waals surface area contributed by atoms with Crippen molar-refractivity contribution in [1.29, 1.82) is 0 Å². The van der Waals surface area contributed by atoms with Gasteiger partial charge >= 0.3 is 0 Å². The van der Waals surface area contributed by atoms with Crippen molar-refractivity contribution in [2.75, 3.05) is 0 Å². The zero-order valence-electron chi connectivity index (χ0n) is 9.09. The van der Waals surface area contributed by atoms with E-state index in [2.05, 4.69) is 11.1 Å². The van der Waals surface area contributed by atoms with Crippen molar-refractivity contribution in [2.24, 2.45) is 5.73 Å². The van der Waals surface area contributed by atoms with Gasteiger partial charge in [0, 0.05) is 10.9 Å². The highest BCUT2D eigenvalue weighted by Gasteiger charge is 2.01. The zero-order chi connectivity index (χ0) is 11.4. The Morgan fingerprint density at radius 3 is 2.88 bits per heavy atom. The lowest BCUT2D eigenvalue weighted by Crippen LogP contribution is -2.06. The highest BCUT2D eigenvalue weighted by atomic mass is 32.1. The number of aromatic nitrogens is 1. The fourth-order valence-corrected chi connectivity index (χ4v) is 1.91. The zero-order valence-corrected chi connectivity index (χ0v) is 9.91. The van der Waals surface area contributed by atoms with Crippen molar-refractivity contribution in [3.05, 3.63) is 46.4 Å². The molecule has 1 atom stereocenters. The summed E-state index contributed by atoms with van der Waals surface area (Å²) in [7, 11) is 0. The summed E-state index contributed by atoms with van der Waals surface area (Å²) in [6.07, 6.45) is 1.71. The van der Waals surface area contributed by atoms with E-state index in [0.29, 0.717) is 6.61 Å². The van der Waals surface area contributed by atoms with Crippen molar-refractivity contribution in [3.8, 4) is 5.75 Å². The lowest BCUT2D eigenvalue weighted by molar-refractivity contribution is 0.308. The minimum absolute atomic E-state index is 0.0358. The molecule has 2 heterocycles. The Labute approximate surface area is 98.9 Å². The van der Waals surface area contributed by atoms with E-state index >= 15 is 0 Å². The molecule has 0 radical (unpaired) electrons. The highest BCUT2D eigenvalue weighted by molar-refractivity contribution is 7.09. The smallest absolute Gasteiger partial charge is 0.138 e. The molecule has 2 aromatic heterocycles. The predicted octanol–water partition coefficient (Wildman–Crippen LogP) is 2.74. The van der Waals surface area contributed by atoms with E-state index in [9.17, 15) is 0 Å². The standard InChI is InChI=1S/C12H14N2OS/c1-9(13)12-5-4-10(7-14-12)15-8-11-3-2-6-16-11/h2-7,9H,8,13H2,1H3/t9-/m1/s1. The summed E-state index contributed by atoms with van der Waals surface area (Å²) >= 11 is 1.68. The number of thiophene rings is 1.